The standard InChI is InChI=1S/C15H26N4O2/c1-3-7-17-10-11-19(15(21)16-4-2)13(12-17)14(20)18-8-5-6-9-18/h3,13H,1,4-12H2,2H3,(H,16,21). The molecule has 118 valence electrons. The maximum atomic E-state index is 12.7. The van der Waals surface area contributed by atoms with E-state index < -0.39 is 0 Å². The van der Waals surface area contributed by atoms with Gasteiger partial charge in [-0.3, -0.25) is 9.69 Å². The number of amides is 3. The molecule has 2 rings (SSSR count). The Labute approximate surface area is 126 Å². The quantitative estimate of drug-likeness (QED) is 0.769. The highest BCUT2D eigenvalue weighted by Gasteiger charge is 2.37. The molecule has 6 nitrogen and oxygen atoms in total. The Morgan fingerprint density at radius 3 is 2.57 bits per heavy atom. The molecule has 0 aromatic heterocycles. The average Bonchev–Trinajstić information content (AvgIpc) is 3.01. The second kappa shape index (κ2) is 7.45. The fraction of sp³-hybridized carbons (Fsp3) is 0.733. The largest absolute Gasteiger partial charge is 0.341 e. The predicted molar refractivity (Wildman–Crippen MR) is 82.0 cm³/mol. The minimum absolute atomic E-state index is 0.0903. The number of rotatable bonds is 4. The van der Waals surface area contributed by atoms with Crippen LogP contribution in [0.15, 0.2) is 12.7 Å². The molecule has 1 unspecified atom stereocenters. The SMILES string of the molecule is C=CCN1CCN(C(=O)NCC)C(C(=O)N2CCCC2)C1. The normalized spacial score (nSPS) is 23.2. The summed E-state index contributed by atoms with van der Waals surface area (Å²) in [6.07, 6.45) is 3.98. The first-order valence-corrected chi connectivity index (χ1v) is 7.84. The van der Waals surface area contributed by atoms with Gasteiger partial charge in [-0.05, 0) is 19.8 Å². The molecule has 0 aromatic rings. The van der Waals surface area contributed by atoms with Gasteiger partial charge < -0.3 is 15.1 Å². The molecule has 2 aliphatic rings. The number of carbonyl (C=O) groups excluding carboxylic acids is 2. The fourth-order valence-corrected chi connectivity index (χ4v) is 3.04. The van der Waals surface area contributed by atoms with E-state index in [2.05, 4.69) is 16.8 Å². The fourth-order valence-electron chi connectivity index (χ4n) is 3.04. The first-order valence-electron chi connectivity index (χ1n) is 7.84. The van der Waals surface area contributed by atoms with Crippen molar-refractivity contribution in [2.24, 2.45) is 0 Å². The van der Waals surface area contributed by atoms with E-state index in [4.69, 9.17) is 0 Å². The van der Waals surface area contributed by atoms with Crippen molar-refractivity contribution < 1.29 is 9.59 Å². The van der Waals surface area contributed by atoms with Crippen molar-refractivity contribution in [3.8, 4) is 0 Å². The van der Waals surface area contributed by atoms with E-state index in [-0.39, 0.29) is 18.0 Å². The third-order valence-corrected chi connectivity index (χ3v) is 4.14. The summed E-state index contributed by atoms with van der Waals surface area (Å²) in [7, 11) is 0. The van der Waals surface area contributed by atoms with Crippen LogP contribution in [0.3, 0.4) is 0 Å². The van der Waals surface area contributed by atoms with Crippen LogP contribution in [0.25, 0.3) is 0 Å². The molecule has 1 N–H and O–H groups in total. The molecule has 2 saturated heterocycles. The Morgan fingerprint density at radius 2 is 1.95 bits per heavy atom. The molecule has 0 saturated carbocycles. The number of carbonyl (C=O) groups is 2. The van der Waals surface area contributed by atoms with Gasteiger partial charge in [-0.2, -0.15) is 0 Å². The van der Waals surface area contributed by atoms with Gasteiger partial charge in [0.25, 0.3) is 0 Å². The second-order valence-corrected chi connectivity index (χ2v) is 5.63. The van der Waals surface area contributed by atoms with Gasteiger partial charge in [0, 0.05) is 45.8 Å². The van der Waals surface area contributed by atoms with Crippen LogP contribution < -0.4 is 5.32 Å². The summed E-state index contributed by atoms with van der Waals surface area (Å²) in [4.78, 5) is 30.7. The third kappa shape index (κ3) is 3.75. The summed E-state index contributed by atoms with van der Waals surface area (Å²) >= 11 is 0. The Kier molecular flexibility index (Phi) is 5.61. The topological polar surface area (TPSA) is 55.9 Å². The van der Waals surface area contributed by atoms with Crippen LogP contribution in [-0.4, -0.2) is 78.5 Å². The number of piperazine rings is 1. The minimum Gasteiger partial charge on any atom is -0.341 e. The van der Waals surface area contributed by atoms with E-state index in [1.807, 2.05) is 17.9 Å². The molecule has 2 aliphatic heterocycles. The first-order chi connectivity index (χ1) is 10.2. The van der Waals surface area contributed by atoms with Crippen LogP contribution >= 0.6 is 0 Å². The highest BCUT2D eigenvalue weighted by molar-refractivity contribution is 5.87. The lowest BCUT2D eigenvalue weighted by molar-refractivity contribution is -0.136. The zero-order chi connectivity index (χ0) is 15.2. The van der Waals surface area contributed by atoms with Crippen molar-refractivity contribution in [2.45, 2.75) is 25.8 Å². The lowest BCUT2D eigenvalue weighted by Crippen LogP contribution is -2.62. The lowest BCUT2D eigenvalue weighted by atomic mass is 10.1. The highest BCUT2D eigenvalue weighted by Crippen LogP contribution is 2.16. The molecular formula is C15H26N4O2. The number of hydrogen-bond acceptors (Lipinski definition) is 3. The molecular weight excluding hydrogens is 268 g/mol. The van der Waals surface area contributed by atoms with Crippen molar-refractivity contribution in [1.29, 1.82) is 0 Å². The Hall–Kier alpha value is -1.56. The van der Waals surface area contributed by atoms with Gasteiger partial charge in [0.05, 0.1) is 0 Å². The van der Waals surface area contributed by atoms with Crippen LogP contribution in [0.2, 0.25) is 0 Å². The summed E-state index contributed by atoms with van der Waals surface area (Å²) in [5, 5.41) is 2.82. The monoisotopic (exact) mass is 294 g/mol. The van der Waals surface area contributed by atoms with Gasteiger partial charge in [-0.15, -0.1) is 6.58 Å². The molecule has 2 fully saturated rings. The summed E-state index contributed by atoms with van der Waals surface area (Å²) in [6, 6.07) is -0.503. The van der Waals surface area contributed by atoms with Crippen molar-refractivity contribution >= 4 is 11.9 Å². The number of likely N-dealkylation sites (tertiary alicyclic amines) is 1. The summed E-state index contributed by atoms with van der Waals surface area (Å²) < 4.78 is 0. The van der Waals surface area contributed by atoms with Crippen molar-refractivity contribution in [3.63, 3.8) is 0 Å². The smallest absolute Gasteiger partial charge is 0.318 e. The maximum absolute atomic E-state index is 12.7. The number of hydrogen-bond donors (Lipinski definition) is 1. The van der Waals surface area contributed by atoms with Crippen LogP contribution in [0.1, 0.15) is 19.8 Å². The average molecular weight is 294 g/mol. The van der Waals surface area contributed by atoms with Crippen LogP contribution in [0.5, 0.6) is 0 Å². The zero-order valence-corrected chi connectivity index (χ0v) is 12.9. The molecule has 21 heavy (non-hydrogen) atoms. The van der Waals surface area contributed by atoms with E-state index in [1.54, 1.807) is 4.90 Å². The number of nitrogens with one attached hydrogen (secondary N) is 1. The van der Waals surface area contributed by atoms with Gasteiger partial charge >= 0.3 is 6.03 Å². The number of nitrogens with zero attached hydrogens (tertiary/aromatic N) is 3. The Balaban J connectivity index is 2.08. The second-order valence-electron chi connectivity index (χ2n) is 5.63. The number of urea groups is 1. The van der Waals surface area contributed by atoms with Gasteiger partial charge in [-0.25, -0.2) is 4.79 Å². The summed E-state index contributed by atoms with van der Waals surface area (Å²) in [6.45, 7) is 10.6. The minimum atomic E-state index is -0.372. The first kappa shape index (κ1) is 15.8. The van der Waals surface area contributed by atoms with E-state index in [0.29, 0.717) is 19.6 Å². The molecule has 2 heterocycles. The summed E-state index contributed by atoms with van der Waals surface area (Å²) in [5.41, 5.74) is 0. The highest BCUT2D eigenvalue weighted by atomic mass is 16.2. The molecule has 6 heteroatoms. The van der Waals surface area contributed by atoms with Crippen molar-refractivity contribution in [1.82, 2.24) is 20.0 Å². The predicted octanol–water partition coefficient (Wildman–Crippen LogP) is 0.511. The van der Waals surface area contributed by atoms with Crippen molar-refractivity contribution in [3.05, 3.63) is 12.7 Å². The molecule has 3 amide bonds. The van der Waals surface area contributed by atoms with E-state index in [1.165, 1.54) is 0 Å². The van der Waals surface area contributed by atoms with E-state index in [0.717, 1.165) is 39.0 Å². The van der Waals surface area contributed by atoms with Crippen LogP contribution in [0, 0.1) is 0 Å². The van der Waals surface area contributed by atoms with Gasteiger partial charge in [0.2, 0.25) is 5.91 Å². The molecule has 1 atom stereocenters. The van der Waals surface area contributed by atoms with E-state index in [9.17, 15) is 9.59 Å². The summed E-state index contributed by atoms with van der Waals surface area (Å²) in [5.74, 6) is 0.0903. The molecule has 0 aromatic carbocycles. The molecule has 0 aliphatic carbocycles. The molecule has 0 spiro atoms. The van der Waals surface area contributed by atoms with Gasteiger partial charge in [0.15, 0.2) is 0 Å². The molecule has 0 bridgehead atoms. The van der Waals surface area contributed by atoms with Crippen LogP contribution in [0.4, 0.5) is 4.79 Å². The van der Waals surface area contributed by atoms with Crippen molar-refractivity contribution in [2.75, 3.05) is 45.8 Å². The molecule has 0 radical (unpaired) electrons. The van der Waals surface area contributed by atoms with Crippen LogP contribution in [-0.2, 0) is 4.79 Å². The zero-order valence-electron chi connectivity index (χ0n) is 12.9. The lowest BCUT2D eigenvalue weighted by Gasteiger charge is -2.41. The Bertz CT molecular complexity index is 393. The third-order valence-electron chi connectivity index (χ3n) is 4.14. The maximum Gasteiger partial charge on any atom is 0.318 e. The van der Waals surface area contributed by atoms with Gasteiger partial charge in [0.1, 0.15) is 6.04 Å². The Morgan fingerprint density at radius 1 is 1.24 bits per heavy atom. The van der Waals surface area contributed by atoms with E-state index >= 15 is 0 Å². The van der Waals surface area contributed by atoms with Gasteiger partial charge in [-0.1, -0.05) is 6.08 Å².